The molecule has 6 nitrogen and oxygen atoms in total. The Hall–Kier alpha value is -2.89. The van der Waals surface area contributed by atoms with E-state index in [4.69, 9.17) is 0 Å². The van der Waals surface area contributed by atoms with Crippen molar-refractivity contribution >= 4 is 22.8 Å². The molecule has 0 aliphatic heterocycles. The van der Waals surface area contributed by atoms with E-state index in [0.717, 1.165) is 18.5 Å². The van der Waals surface area contributed by atoms with Crippen LogP contribution in [0.15, 0.2) is 42.9 Å². The van der Waals surface area contributed by atoms with Crippen LogP contribution in [-0.2, 0) is 6.42 Å². The summed E-state index contributed by atoms with van der Waals surface area (Å²) >= 11 is 0. The lowest BCUT2D eigenvalue weighted by Gasteiger charge is -2.08. The molecule has 130 valence electrons. The maximum absolute atomic E-state index is 11.9. The Bertz CT molecular complexity index is 838. The normalized spacial score (nSPS) is 11.0. The summed E-state index contributed by atoms with van der Waals surface area (Å²) in [6, 6.07) is 8.24. The van der Waals surface area contributed by atoms with Gasteiger partial charge in [0, 0.05) is 42.6 Å². The number of rotatable bonds is 7. The van der Waals surface area contributed by atoms with E-state index in [1.807, 2.05) is 18.3 Å². The molecule has 0 unspecified atom stereocenters. The zero-order chi connectivity index (χ0) is 17.6. The molecule has 3 aromatic rings. The number of hydrogen-bond acceptors (Lipinski definition) is 4. The van der Waals surface area contributed by atoms with E-state index in [-0.39, 0.29) is 5.91 Å². The predicted molar refractivity (Wildman–Crippen MR) is 99.7 cm³/mol. The first-order valence-electron chi connectivity index (χ1n) is 8.52. The summed E-state index contributed by atoms with van der Waals surface area (Å²) in [6.45, 7) is 5.47. The van der Waals surface area contributed by atoms with Gasteiger partial charge in [-0.1, -0.05) is 32.0 Å². The summed E-state index contributed by atoms with van der Waals surface area (Å²) in [5.41, 5.74) is 2.88. The number of aromatic nitrogens is 3. The van der Waals surface area contributed by atoms with Crippen LogP contribution in [0.2, 0.25) is 0 Å². The third kappa shape index (κ3) is 4.35. The fourth-order valence-electron chi connectivity index (χ4n) is 2.58. The quantitative estimate of drug-likeness (QED) is 0.619. The van der Waals surface area contributed by atoms with Crippen LogP contribution < -0.4 is 10.6 Å². The lowest BCUT2D eigenvalue weighted by Crippen LogP contribution is -2.27. The molecular formula is C19H23N5O. The van der Waals surface area contributed by atoms with Gasteiger partial charge in [-0.05, 0) is 24.0 Å². The van der Waals surface area contributed by atoms with Gasteiger partial charge in [0.2, 0.25) is 5.95 Å². The number of carbonyl (C=O) groups is 1. The van der Waals surface area contributed by atoms with Gasteiger partial charge in [0.05, 0.1) is 5.56 Å². The highest BCUT2D eigenvalue weighted by atomic mass is 16.1. The molecule has 25 heavy (non-hydrogen) atoms. The van der Waals surface area contributed by atoms with Gasteiger partial charge in [-0.15, -0.1) is 0 Å². The topological polar surface area (TPSA) is 82.7 Å². The number of hydrogen-bond donors (Lipinski definition) is 3. The fourth-order valence-corrected chi connectivity index (χ4v) is 2.58. The van der Waals surface area contributed by atoms with E-state index >= 15 is 0 Å². The lowest BCUT2D eigenvalue weighted by atomic mass is 10.1. The molecule has 0 spiro atoms. The Labute approximate surface area is 147 Å². The van der Waals surface area contributed by atoms with E-state index in [9.17, 15) is 4.79 Å². The molecule has 6 heteroatoms. The van der Waals surface area contributed by atoms with Crippen molar-refractivity contribution < 1.29 is 4.79 Å². The molecule has 3 rings (SSSR count). The molecule has 3 N–H and O–H groups in total. The molecule has 0 atom stereocenters. The van der Waals surface area contributed by atoms with Crippen LogP contribution in [-0.4, -0.2) is 33.9 Å². The van der Waals surface area contributed by atoms with Crippen LogP contribution in [0.4, 0.5) is 5.95 Å². The van der Waals surface area contributed by atoms with Crippen molar-refractivity contribution in [3.05, 3.63) is 54.0 Å². The second-order valence-corrected chi connectivity index (χ2v) is 6.44. The van der Waals surface area contributed by atoms with E-state index in [0.29, 0.717) is 24.0 Å². The van der Waals surface area contributed by atoms with Crippen molar-refractivity contribution in [3.8, 4) is 0 Å². The SMILES string of the molecule is CC(C)CNC(=O)c1cnc(NCCc2c[nH]c3ccccc23)nc1. The second kappa shape index (κ2) is 7.79. The number of amides is 1. The summed E-state index contributed by atoms with van der Waals surface area (Å²) < 4.78 is 0. The van der Waals surface area contributed by atoms with Crippen LogP contribution in [0.5, 0.6) is 0 Å². The number of carbonyl (C=O) groups excluding carboxylic acids is 1. The van der Waals surface area contributed by atoms with Crippen LogP contribution in [0.3, 0.4) is 0 Å². The van der Waals surface area contributed by atoms with Crippen molar-refractivity contribution in [2.45, 2.75) is 20.3 Å². The number of anilines is 1. The van der Waals surface area contributed by atoms with E-state index in [2.05, 4.69) is 51.6 Å². The Morgan fingerprint density at radius 2 is 1.96 bits per heavy atom. The van der Waals surface area contributed by atoms with Gasteiger partial charge in [-0.25, -0.2) is 9.97 Å². The average Bonchev–Trinajstić information content (AvgIpc) is 3.03. The van der Waals surface area contributed by atoms with Gasteiger partial charge in [-0.2, -0.15) is 0 Å². The smallest absolute Gasteiger partial charge is 0.254 e. The molecule has 2 aromatic heterocycles. The van der Waals surface area contributed by atoms with Crippen molar-refractivity contribution in [3.63, 3.8) is 0 Å². The molecule has 0 aliphatic rings. The summed E-state index contributed by atoms with van der Waals surface area (Å²) in [5.74, 6) is 0.801. The molecule has 1 amide bonds. The minimum Gasteiger partial charge on any atom is -0.361 e. The number of aromatic amines is 1. The Balaban J connectivity index is 1.53. The number of H-pyrrole nitrogens is 1. The van der Waals surface area contributed by atoms with Crippen LogP contribution in [0.1, 0.15) is 29.8 Å². The van der Waals surface area contributed by atoms with Gasteiger partial charge in [-0.3, -0.25) is 4.79 Å². The Morgan fingerprint density at radius 3 is 2.72 bits per heavy atom. The summed E-state index contributed by atoms with van der Waals surface area (Å²) in [5, 5.41) is 7.29. The molecule has 0 saturated heterocycles. The van der Waals surface area contributed by atoms with Crippen molar-refractivity contribution in [1.29, 1.82) is 0 Å². The van der Waals surface area contributed by atoms with Gasteiger partial charge in [0.1, 0.15) is 0 Å². The predicted octanol–water partition coefficient (Wildman–Crippen LogP) is 3.00. The summed E-state index contributed by atoms with van der Waals surface area (Å²) in [7, 11) is 0. The van der Waals surface area contributed by atoms with Gasteiger partial charge in [0.15, 0.2) is 0 Å². The Kier molecular flexibility index (Phi) is 5.28. The molecule has 0 aliphatic carbocycles. The Morgan fingerprint density at radius 1 is 1.20 bits per heavy atom. The highest BCUT2D eigenvalue weighted by Gasteiger charge is 2.08. The third-order valence-corrected chi connectivity index (χ3v) is 3.94. The highest BCUT2D eigenvalue weighted by molar-refractivity contribution is 5.93. The monoisotopic (exact) mass is 337 g/mol. The van der Waals surface area contributed by atoms with Crippen molar-refractivity contribution in [2.24, 2.45) is 5.92 Å². The second-order valence-electron chi connectivity index (χ2n) is 6.44. The first-order valence-corrected chi connectivity index (χ1v) is 8.52. The molecule has 0 radical (unpaired) electrons. The summed E-state index contributed by atoms with van der Waals surface area (Å²) in [6.07, 6.45) is 6.01. The highest BCUT2D eigenvalue weighted by Crippen LogP contribution is 2.17. The zero-order valence-electron chi connectivity index (χ0n) is 14.5. The van der Waals surface area contributed by atoms with Crippen LogP contribution >= 0.6 is 0 Å². The average molecular weight is 337 g/mol. The van der Waals surface area contributed by atoms with E-state index in [1.165, 1.54) is 10.9 Å². The lowest BCUT2D eigenvalue weighted by molar-refractivity contribution is 0.0948. The maximum atomic E-state index is 11.9. The van der Waals surface area contributed by atoms with Crippen LogP contribution in [0.25, 0.3) is 10.9 Å². The van der Waals surface area contributed by atoms with Crippen molar-refractivity contribution in [2.75, 3.05) is 18.4 Å². The fraction of sp³-hybridized carbons (Fsp3) is 0.316. The number of nitrogens with one attached hydrogen (secondary N) is 3. The number of para-hydroxylation sites is 1. The minimum absolute atomic E-state index is 0.140. The molecule has 0 fully saturated rings. The number of fused-ring (bicyclic) bond motifs is 1. The summed E-state index contributed by atoms with van der Waals surface area (Å²) in [4.78, 5) is 23.6. The minimum atomic E-state index is -0.140. The standard InChI is InChI=1S/C19H23N5O/c1-13(2)9-22-18(25)15-11-23-19(24-12-15)20-8-7-14-10-21-17-6-4-3-5-16(14)17/h3-6,10-13,21H,7-9H2,1-2H3,(H,22,25)(H,20,23,24). The molecule has 0 saturated carbocycles. The van der Waals surface area contributed by atoms with Gasteiger partial charge in [0.25, 0.3) is 5.91 Å². The number of benzene rings is 1. The molecule has 1 aromatic carbocycles. The maximum Gasteiger partial charge on any atom is 0.254 e. The molecular weight excluding hydrogens is 314 g/mol. The molecule has 0 bridgehead atoms. The van der Waals surface area contributed by atoms with Crippen molar-refractivity contribution in [1.82, 2.24) is 20.3 Å². The zero-order valence-corrected chi connectivity index (χ0v) is 14.5. The van der Waals surface area contributed by atoms with Crippen LogP contribution in [0, 0.1) is 5.92 Å². The van der Waals surface area contributed by atoms with Gasteiger partial charge < -0.3 is 15.6 Å². The number of nitrogens with zero attached hydrogens (tertiary/aromatic N) is 2. The first kappa shape index (κ1) is 17.0. The van der Waals surface area contributed by atoms with E-state index in [1.54, 1.807) is 12.4 Å². The third-order valence-electron chi connectivity index (χ3n) is 3.94. The molecule has 2 heterocycles. The first-order chi connectivity index (χ1) is 12.1. The largest absolute Gasteiger partial charge is 0.361 e. The van der Waals surface area contributed by atoms with E-state index < -0.39 is 0 Å². The van der Waals surface area contributed by atoms with Gasteiger partial charge >= 0.3 is 0 Å².